The van der Waals surface area contributed by atoms with Crippen LogP contribution in [0.3, 0.4) is 0 Å². The summed E-state index contributed by atoms with van der Waals surface area (Å²) in [5.74, 6) is 0.165. The van der Waals surface area contributed by atoms with Gasteiger partial charge in [-0.05, 0) is 24.8 Å². The van der Waals surface area contributed by atoms with Gasteiger partial charge in [0.15, 0.2) is 5.78 Å². The van der Waals surface area contributed by atoms with E-state index in [1.54, 1.807) is 19.2 Å². The molecule has 0 heterocycles. The lowest BCUT2D eigenvalue weighted by Gasteiger charge is -2.11. The summed E-state index contributed by atoms with van der Waals surface area (Å²) >= 11 is 0. The molecule has 0 spiro atoms. The van der Waals surface area contributed by atoms with Gasteiger partial charge in [-0.3, -0.25) is 4.79 Å². The maximum absolute atomic E-state index is 11.7. The van der Waals surface area contributed by atoms with Crippen LogP contribution in [0.1, 0.15) is 54.6 Å². The number of carbonyl (C=O) groups excluding carboxylic acids is 1. The summed E-state index contributed by atoms with van der Waals surface area (Å²) in [6.07, 6.45) is 2.47. The zero-order chi connectivity index (χ0) is 13.4. The number of ketones is 1. The summed E-state index contributed by atoms with van der Waals surface area (Å²) in [7, 11) is 1.65. The van der Waals surface area contributed by atoms with Gasteiger partial charge in [-0.1, -0.05) is 31.2 Å². The fraction of sp³-hybridized carbons (Fsp3) is 0.533. The minimum absolute atomic E-state index is 0.165. The lowest BCUT2D eigenvalue weighted by atomic mass is 10.0. The molecule has 3 heteroatoms. The molecule has 0 saturated carbocycles. The van der Waals surface area contributed by atoms with Crippen molar-refractivity contribution in [3.63, 3.8) is 0 Å². The molecular formula is C15H22O3. The highest BCUT2D eigenvalue weighted by atomic mass is 16.5. The molecule has 0 fully saturated rings. The predicted octanol–water partition coefficient (Wildman–Crippen LogP) is 3.13. The van der Waals surface area contributed by atoms with Crippen molar-refractivity contribution in [3.8, 4) is 0 Å². The van der Waals surface area contributed by atoms with E-state index in [-0.39, 0.29) is 5.78 Å². The monoisotopic (exact) mass is 250 g/mol. The van der Waals surface area contributed by atoms with Crippen LogP contribution in [0.5, 0.6) is 0 Å². The molecule has 0 saturated heterocycles. The predicted molar refractivity (Wildman–Crippen MR) is 71.8 cm³/mol. The standard InChI is InChI=1S/C15H22O3/c1-3-5-14(16)12-7-9-13(10-8-12)15(17)6-4-11-18-2/h7-10,15,17H,3-6,11H2,1-2H3/t15-/m1/s1. The van der Waals surface area contributed by atoms with E-state index >= 15 is 0 Å². The summed E-state index contributed by atoms with van der Waals surface area (Å²) in [6, 6.07) is 7.26. The highest BCUT2D eigenvalue weighted by Crippen LogP contribution is 2.19. The topological polar surface area (TPSA) is 46.5 Å². The number of carbonyl (C=O) groups is 1. The van der Waals surface area contributed by atoms with E-state index in [0.717, 1.165) is 24.0 Å². The molecule has 100 valence electrons. The van der Waals surface area contributed by atoms with E-state index < -0.39 is 6.10 Å². The first-order valence-electron chi connectivity index (χ1n) is 6.49. The van der Waals surface area contributed by atoms with Crippen molar-refractivity contribution in [1.82, 2.24) is 0 Å². The largest absolute Gasteiger partial charge is 0.388 e. The van der Waals surface area contributed by atoms with Gasteiger partial charge >= 0.3 is 0 Å². The fourth-order valence-corrected chi connectivity index (χ4v) is 1.85. The molecule has 0 radical (unpaired) electrons. The van der Waals surface area contributed by atoms with Crippen molar-refractivity contribution in [1.29, 1.82) is 0 Å². The van der Waals surface area contributed by atoms with Crippen molar-refractivity contribution in [3.05, 3.63) is 35.4 Å². The Hall–Kier alpha value is -1.19. The van der Waals surface area contributed by atoms with E-state index in [4.69, 9.17) is 4.74 Å². The van der Waals surface area contributed by atoms with E-state index in [1.807, 2.05) is 19.1 Å². The van der Waals surface area contributed by atoms with Crippen LogP contribution in [-0.2, 0) is 4.74 Å². The molecule has 1 rings (SSSR count). The molecule has 1 atom stereocenters. The van der Waals surface area contributed by atoms with Crippen LogP contribution in [0.2, 0.25) is 0 Å². The van der Waals surface area contributed by atoms with Gasteiger partial charge in [-0.2, -0.15) is 0 Å². The van der Waals surface area contributed by atoms with Gasteiger partial charge in [0.05, 0.1) is 6.10 Å². The lowest BCUT2D eigenvalue weighted by Crippen LogP contribution is -2.02. The van der Waals surface area contributed by atoms with Gasteiger partial charge in [0.25, 0.3) is 0 Å². The minimum Gasteiger partial charge on any atom is -0.388 e. The van der Waals surface area contributed by atoms with Gasteiger partial charge in [0, 0.05) is 25.7 Å². The molecule has 0 aromatic heterocycles. The molecule has 0 aliphatic rings. The number of aliphatic hydroxyl groups is 1. The molecule has 1 aromatic rings. The Kier molecular flexibility index (Phi) is 6.61. The summed E-state index contributed by atoms with van der Waals surface area (Å²) in [4.78, 5) is 11.7. The highest BCUT2D eigenvalue weighted by molar-refractivity contribution is 5.96. The quantitative estimate of drug-likeness (QED) is 0.569. The number of Topliss-reactive ketones (excluding diaryl/α,β-unsaturated/α-hetero) is 1. The molecule has 3 nitrogen and oxygen atoms in total. The Morgan fingerprint density at radius 1 is 1.33 bits per heavy atom. The smallest absolute Gasteiger partial charge is 0.162 e. The molecule has 1 aromatic carbocycles. The second kappa shape index (κ2) is 8.01. The molecule has 0 amide bonds. The lowest BCUT2D eigenvalue weighted by molar-refractivity contribution is 0.0981. The average molecular weight is 250 g/mol. The van der Waals surface area contributed by atoms with Crippen LogP contribution in [-0.4, -0.2) is 24.6 Å². The zero-order valence-electron chi connectivity index (χ0n) is 11.2. The van der Waals surface area contributed by atoms with E-state index in [2.05, 4.69) is 0 Å². The molecule has 0 aliphatic carbocycles. The second-order valence-electron chi connectivity index (χ2n) is 4.45. The van der Waals surface area contributed by atoms with Gasteiger partial charge in [0.1, 0.15) is 0 Å². The first-order valence-corrected chi connectivity index (χ1v) is 6.49. The molecule has 0 bridgehead atoms. The van der Waals surface area contributed by atoms with E-state index in [9.17, 15) is 9.90 Å². The number of hydrogen-bond donors (Lipinski definition) is 1. The van der Waals surface area contributed by atoms with Crippen molar-refractivity contribution in [2.45, 2.75) is 38.7 Å². The van der Waals surface area contributed by atoms with Crippen molar-refractivity contribution in [2.75, 3.05) is 13.7 Å². The van der Waals surface area contributed by atoms with Crippen LogP contribution < -0.4 is 0 Å². The maximum Gasteiger partial charge on any atom is 0.162 e. The number of benzene rings is 1. The third-order valence-corrected chi connectivity index (χ3v) is 2.92. The fourth-order valence-electron chi connectivity index (χ4n) is 1.85. The summed E-state index contributed by atoms with van der Waals surface area (Å²) in [6.45, 7) is 2.65. The van der Waals surface area contributed by atoms with Gasteiger partial charge in [-0.15, -0.1) is 0 Å². The van der Waals surface area contributed by atoms with Crippen LogP contribution in [0.15, 0.2) is 24.3 Å². The van der Waals surface area contributed by atoms with Crippen LogP contribution in [0.4, 0.5) is 0 Å². The van der Waals surface area contributed by atoms with Crippen LogP contribution >= 0.6 is 0 Å². The molecule has 18 heavy (non-hydrogen) atoms. The minimum atomic E-state index is -0.476. The number of ether oxygens (including phenoxy) is 1. The third kappa shape index (κ3) is 4.59. The first kappa shape index (κ1) is 14.9. The Labute approximate surface area is 109 Å². The van der Waals surface area contributed by atoms with E-state index in [0.29, 0.717) is 19.4 Å². The van der Waals surface area contributed by atoms with Crippen molar-refractivity contribution in [2.24, 2.45) is 0 Å². The SMILES string of the molecule is CCCC(=O)c1ccc([C@H](O)CCCOC)cc1. The Morgan fingerprint density at radius 3 is 2.56 bits per heavy atom. The normalized spacial score (nSPS) is 12.4. The number of rotatable bonds is 8. The first-order chi connectivity index (χ1) is 8.69. The molecule has 0 aliphatic heterocycles. The van der Waals surface area contributed by atoms with Crippen molar-refractivity contribution < 1.29 is 14.6 Å². The average Bonchev–Trinajstić information content (AvgIpc) is 2.39. The number of hydrogen-bond acceptors (Lipinski definition) is 3. The summed E-state index contributed by atoms with van der Waals surface area (Å²) < 4.78 is 4.95. The molecule has 1 N–H and O–H groups in total. The number of aliphatic hydroxyl groups excluding tert-OH is 1. The van der Waals surface area contributed by atoms with Crippen LogP contribution in [0, 0.1) is 0 Å². The molecular weight excluding hydrogens is 228 g/mol. The Balaban J connectivity index is 2.56. The van der Waals surface area contributed by atoms with E-state index in [1.165, 1.54) is 0 Å². The Bertz CT molecular complexity index is 357. The second-order valence-corrected chi connectivity index (χ2v) is 4.45. The zero-order valence-corrected chi connectivity index (χ0v) is 11.2. The maximum atomic E-state index is 11.7. The van der Waals surface area contributed by atoms with Crippen molar-refractivity contribution >= 4 is 5.78 Å². The van der Waals surface area contributed by atoms with Gasteiger partial charge in [0.2, 0.25) is 0 Å². The van der Waals surface area contributed by atoms with Gasteiger partial charge in [-0.25, -0.2) is 0 Å². The van der Waals surface area contributed by atoms with Gasteiger partial charge < -0.3 is 9.84 Å². The summed E-state index contributed by atoms with van der Waals surface area (Å²) in [5.41, 5.74) is 1.59. The summed E-state index contributed by atoms with van der Waals surface area (Å²) in [5, 5.41) is 9.94. The Morgan fingerprint density at radius 2 is 2.00 bits per heavy atom. The molecule has 0 unspecified atom stereocenters. The third-order valence-electron chi connectivity index (χ3n) is 2.92. The number of methoxy groups -OCH3 is 1. The highest BCUT2D eigenvalue weighted by Gasteiger charge is 2.09. The van der Waals surface area contributed by atoms with Crippen LogP contribution in [0.25, 0.3) is 0 Å².